The molecule has 3 rings (SSSR count). The highest BCUT2D eigenvalue weighted by molar-refractivity contribution is 9.10. The third-order valence-electron chi connectivity index (χ3n) is 3.29. The standard InChI is InChI=1S/C17H12BrN3O4/c1-24-16(23)11-7-5-10(6-8-11)14(22)19-17-21-20-15(25-17)12-3-2-4-13(18)9-12/h2-9H,1H3,(H,19,21,22). The van der Waals surface area contributed by atoms with E-state index in [1.165, 1.54) is 31.4 Å². The Balaban J connectivity index is 1.72. The van der Waals surface area contributed by atoms with E-state index in [0.29, 0.717) is 11.1 Å². The van der Waals surface area contributed by atoms with Gasteiger partial charge in [0.05, 0.1) is 12.7 Å². The Kier molecular flexibility index (Phi) is 4.90. The summed E-state index contributed by atoms with van der Waals surface area (Å²) >= 11 is 3.37. The lowest BCUT2D eigenvalue weighted by Crippen LogP contribution is -2.12. The van der Waals surface area contributed by atoms with Gasteiger partial charge in [-0.3, -0.25) is 10.1 Å². The first-order valence-electron chi connectivity index (χ1n) is 7.16. The van der Waals surface area contributed by atoms with Crippen molar-refractivity contribution < 1.29 is 18.7 Å². The van der Waals surface area contributed by atoms with Gasteiger partial charge in [-0.2, -0.15) is 0 Å². The molecule has 0 unspecified atom stereocenters. The maximum absolute atomic E-state index is 12.2. The lowest BCUT2D eigenvalue weighted by atomic mass is 10.1. The fraction of sp³-hybridized carbons (Fsp3) is 0.0588. The van der Waals surface area contributed by atoms with Crippen molar-refractivity contribution in [2.75, 3.05) is 12.4 Å². The minimum Gasteiger partial charge on any atom is -0.465 e. The Morgan fingerprint density at radius 2 is 1.80 bits per heavy atom. The van der Waals surface area contributed by atoms with Crippen molar-refractivity contribution in [3.8, 4) is 11.5 Å². The van der Waals surface area contributed by atoms with Crippen LogP contribution in [-0.4, -0.2) is 29.2 Å². The number of amides is 1. The molecule has 1 aromatic heterocycles. The topological polar surface area (TPSA) is 94.3 Å². The zero-order chi connectivity index (χ0) is 17.8. The number of benzene rings is 2. The van der Waals surface area contributed by atoms with Crippen LogP contribution in [-0.2, 0) is 4.74 Å². The number of rotatable bonds is 4. The molecule has 0 aliphatic carbocycles. The zero-order valence-corrected chi connectivity index (χ0v) is 14.6. The second-order valence-corrected chi connectivity index (χ2v) is 5.86. The monoisotopic (exact) mass is 401 g/mol. The van der Waals surface area contributed by atoms with Crippen molar-refractivity contribution in [2.24, 2.45) is 0 Å². The largest absolute Gasteiger partial charge is 0.465 e. The third-order valence-corrected chi connectivity index (χ3v) is 3.78. The summed E-state index contributed by atoms with van der Waals surface area (Å²) in [6.07, 6.45) is 0. The number of hydrogen-bond acceptors (Lipinski definition) is 6. The van der Waals surface area contributed by atoms with E-state index in [1.54, 1.807) is 0 Å². The number of anilines is 1. The number of hydrogen-bond donors (Lipinski definition) is 1. The van der Waals surface area contributed by atoms with E-state index >= 15 is 0 Å². The molecule has 1 amide bonds. The number of nitrogens with one attached hydrogen (secondary N) is 1. The van der Waals surface area contributed by atoms with Gasteiger partial charge in [-0.1, -0.05) is 27.1 Å². The molecule has 0 aliphatic heterocycles. The van der Waals surface area contributed by atoms with Gasteiger partial charge in [0.25, 0.3) is 5.91 Å². The Hall–Kier alpha value is -3.00. The van der Waals surface area contributed by atoms with Gasteiger partial charge >= 0.3 is 12.0 Å². The first-order valence-corrected chi connectivity index (χ1v) is 7.95. The van der Waals surface area contributed by atoms with E-state index < -0.39 is 11.9 Å². The molecule has 0 aliphatic rings. The van der Waals surface area contributed by atoms with Gasteiger partial charge in [0, 0.05) is 15.6 Å². The molecule has 126 valence electrons. The summed E-state index contributed by atoms with van der Waals surface area (Å²) in [5.41, 5.74) is 1.42. The van der Waals surface area contributed by atoms with Crippen LogP contribution in [0, 0.1) is 0 Å². The number of ether oxygens (including phenoxy) is 1. The van der Waals surface area contributed by atoms with Crippen LogP contribution < -0.4 is 5.32 Å². The van der Waals surface area contributed by atoms with Gasteiger partial charge in [0.2, 0.25) is 5.89 Å². The lowest BCUT2D eigenvalue weighted by Gasteiger charge is -2.02. The highest BCUT2D eigenvalue weighted by atomic mass is 79.9. The normalized spacial score (nSPS) is 10.3. The number of methoxy groups -OCH3 is 1. The highest BCUT2D eigenvalue weighted by Crippen LogP contribution is 2.23. The summed E-state index contributed by atoms with van der Waals surface area (Å²) in [5, 5.41) is 10.2. The first-order chi connectivity index (χ1) is 12.1. The quantitative estimate of drug-likeness (QED) is 0.671. The van der Waals surface area contributed by atoms with Crippen LogP contribution in [0.15, 0.2) is 57.4 Å². The number of esters is 1. The number of halogens is 1. The second kappa shape index (κ2) is 7.27. The maximum atomic E-state index is 12.2. The van der Waals surface area contributed by atoms with Crippen LogP contribution in [0.4, 0.5) is 6.01 Å². The van der Waals surface area contributed by atoms with Crippen LogP contribution in [0.25, 0.3) is 11.5 Å². The summed E-state index contributed by atoms with van der Waals surface area (Å²) in [6, 6.07) is 13.4. The average molecular weight is 402 g/mol. The Morgan fingerprint density at radius 1 is 1.08 bits per heavy atom. The van der Waals surface area contributed by atoms with E-state index in [9.17, 15) is 9.59 Å². The fourth-order valence-corrected chi connectivity index (χ4v) is 2.46. The summed E-state index contributed by atoms with van der Waals surface area (Å²) in [4.78, 5) is 23.6. The predicted octanol–water partition coefficient (Wildman–Crippen LogP) is 3.54. The number of nitrogens with zero attached hydrogens (tertiary/aromatic N) is 2. The summed E-state index contributed by atoms with van der Waals surface area (Å²) in [6.45, 7) is 0. The van der Waals surface area contributed by atoms with E-state index in [4.69, 9.17) is 4.42 Å². The predicted molar refractivity (Wildman–Crippen MR) is 93.2 cm³/mol. The Labute approximate surface area is 151 Å². The van der Waals surface area contributed by atoms with Gasteiger partial charge in [0.1, 0.15) is 0 Å². The molecule has 25 heavy (non-hydrogen) atoms. The molecule has 0 atom stereocenters. The van der Waals surface area contributed by atoms with Crippen molar-refractivity contribution in [3.05, 3.63) is 64.1 Å². The molecular weight excluding hydrogens is 390 g/mol. The van der Waals surface area contributed by atoms with E-state index in [1.807, 2.05) is 24.3 Å². The number of aromatic nitrogens is 2. The van der Waals surface area contributed by atoms with Gasteiger partial charge in [-0.15, -0.1) is 5.10 Å². The molecule has 0 fully saturated rings. The summed E-state index contributed by atoms with van der Waals surface area (Å²) < 4.78 is 10.9. The van der Waals surface area contributed by atoms with Gasteiger partial charge in [-0.05, 0) is 42.5 Å². The van der Waals surface area contributed by atoms with Crippen LogP contribution in [0.5, 0.6) is 0 Å². The van der Waals surface area contributed by atoms with Crippen molar-refractivity contribution >= 4 is 33.8 Å². The average Bonchev–Trinajstić information content (AvgIpc) is 3.09. The fourth-order valence-electron chi connectivity index (χ4n) is 2.06. The van der Waals surface area contributed by atoms with E-state index in [0.717, 1.165) is 10.0 Å². The molecule has 0 saturated carbocycles. The molecule has 0 spiro atoms. The molecular formula is C17H12BrN3O4. The zero-order valence-electron chi connectivity index (χ0n) is 13.0. The van der Waals surface area contributed by atoms with Crippen molar-refractivity contribution in [1.29, 1.82) is 0 Å². The SMILES string of the molecule is COC(=O)c1ccc(C(=O)Nc2nnc(-c3cccc(Br)c3)o2)cc1. The Bertz CT molecular complexity index is 922. The van der Waals surface area contributed by atoms with Crippen molar-refractivity contribution in [1.82, 2.24) is 10.2 Å². The van der Waals surface area contributed by atoms with Crippen LogP contribution in [0.3, 0.4) is 0 Å². The first kappa shape index (κ1) is 16.8. The molecule has 3 aromatic rings. The maximum Gasteiger partial charge on any atom is 0.337 e. The highest BCUT2D eigenvalue weighted by Gasteiger charge is 2.14. The summed E-state index contributed by atoms with van der Waals surface area (Å²) in [5.74, 6) is -0.610. The third kappa shape index (κ3) is 3.92. The smallest absolute Gasteiger partial charge is 0.337 e. The van der Waals surface area contributed by atoms with Crippen molar-refractivity contribution in [2.45, 2.75) is 0 Å². The van der Waals surface area contributed by atoms with Crippen LogP contribution in [0.2, 0.25) is 0 Å². The molecule has 1 heterocycles. The molecule has 8 heteroatoms. The number of carbonyl (C=O) groups is 2. The summed E-state index contributed by atoms with van der Waals surface area (Å²) in [7, 11) is 1.29. The Morgan fingerprint density at radius 3 is 2.48 bits per heavy atom. The minimum atomic E-state index is -0.470. The molecule has 2 aromatic carbocycles. The van der Waals surface area contributed by atoms with Gasteiger partial charge in [-0.25, -0.2) is 4.79 Å². The number of carbonyl (C=O) groups excluding carboxylic acids is 2. The second-order valence-electron chi connectivity index (χ2n) is 4.95. The van der Waals surface area contributed by atoms with E-state index in [-0.39, 0.29) is 11.9 Å². The van der Waals surface area contributed by atoms with E-state index in [2.05, 4.69) is 36.2 Å². The molecule has 0 saturated heterocycles. The molecule has 1 N–H and O–H groups in total. The van der Waals surface area contributed by atoms with Gasteiger partial charge < -0.3 is 9.15 Å². The molecule has 7 nitrogen and oxygen atoms in total. The van der Waals surface area contributed by atoms with Crippen LogP contribution >= 0.6 is 15.9 Å². The molecule has 0 bridgehead atoms. The van der Waals surface area contributed by atoms with Gasteiger partial charge in [0.15, 0.2) is 0 Å². The van der Waals surface area contributed by atoms with Crippen molar-refractivity contribution in [3.63, 3.8) is 0 Å². The molecule has 0 radical (unpaired) electrons. The lowest BCUT2D eigenvalue weighted by molar-refractivity contribution is 0.0600. The van der Waals surface area contributed by atoms with Crippen LogP contribution in [0.1, 0.15) is 20.7 Å². The minimum absolute atomic E-state index is 0.0166.